The van der Waals surface area contributed by atoms with E-state index in [2.05, 4.69) is 9.89 Å². The molecule has 1 rings (SSSR count). The zero-order valence-corrected chi connectivity index (χ0v) is 6.45. The number of oxime groups is 1. The maximum Gasteiger partial charge on any atom is 0.293 e. The minimum atomic E-state index is 0.181. The third kappa shape index (κ3) is 2.22. The monoisotopic (exact) mass is 157 g/mol. The van der Waals surface area contributed by atoms with Crippen molar-refractivity contribution in [3.63, 3.8) is 0 Å². The van der Waals surface area contributed by atoms with Crippen LogP contribution in [0.15, 0.2) is 5.16 Å². The van der Waals surface area contributed by atoms with Gasteiger partial charge in [0.25, 0.3) is 6.47 Å². The minimum absolute atomic E-state index is 0.181. The Morgan fingerprint density at radius 1 is 1.91 bits per heavy atom. The van der Waals surface area contributed by atoms with Crippen molar-refractivity contribution in [2.45, 2.75) is 25.9 Å². The number of ether oxygens (including phenoxy) is 1. The molecule has 0 saturated heterocycles. The molecule has 1 aliphatic rings. The van der Waals surface area contributed by atoms with Gasteiger partial charge in [0.2, 0.25) is 0 Å². The Bertz CT molecular complexity index is 167. The predicted molar refractivity (Wildman–Crippen MR) is 39.2 cm³/mol. The number of hydrogen-bond acceptors (Lipinski definition) is 4. The highest BCUT2D eigenvalue weighted by Gasteiger charge is 2.18. The average Bonchev–Trinajstić information content (AvgIpc) is 2.48. The van der Waals surface area contributed by atoms with Crippen LogP contribution in [-0.2, 0) is 14.4 Å². The van der Waals surface area contributed by atoms with E-state index in [1.165, 1.54) is 0 Å². The lowest BCUT2D eigenvalue weighted by Crippen LogP contribution is -2.10. The first kappa shape index (κ1) is 8.04. The maximum atomic E-state index is 9.79. The van der Waals surface area contributed by atoms with Crippen LogP contribution in [0.2, 0.25) is 0 Å². The summed E-state index contributed by atoms with van der Waals surface area (Å²) in [6, 6.07) is 0. The lowest BCUT2D eigenvalue weighted by Gasteiger charge is -2.01. The van der Waals surface area contributed by atoms with Crippen LogP contribution in [0.25, 0.3) is 0 Å². The summed E-state index contributed by atoms with van der Waals surface area (Å²) in [5.74, 6) is 0. The van der Waals surface area contributed by atoms with Gasteiger partial charge in [-0.3, -0.25) is 4.79 Å². The van der Waals surface area contributed by atoms with Gasteiger partial charge in [-0.25, -0.2) is 0 Å². The second kappa shape index (κ2) is 3.95. The van der Waals surface area contributed by atoms with E-state index in [0.29, 0.717) is 6.47 Å². The molecular formula is C7H11NO3. The summed E-state index contributed by atoms with van der Waals surface area (Å²) in [5, 5.41) is 3.76. The van der Waals surface area contributed by atoms with Crippen molar-refractivity contribution in [2.75, 3.05) is 6.61 Å². The fourth-order valence-corrected chi connectivity index (χ4v) is 0.921. The molecule has 0 aromatic rings. The molecule has 11 heavy (non-hydrogen) atoms. The zero-order chi connectivity index (χ0) is 8.10. The molecule has 0 saturated carbocycles. The Morgan fingerprint density at radius 2 is 2.73 bits per heavy atom. The molecule has 1 aliphatic heterocycles. The van der Waals surface area contributed by atoms with Crippen molar-refractivity contribution in [3.05, 3.63) is 0 Å². The van der Waals surface area contributed by atoms with Gasteiger partial charge >= 0.3 is 0 Å². The van der Waals surface area contributed by atoms with Crippen LogP contribution >= 0.6 is 0 Å². The molecule has 0 bridgehead atoms. The molecular weight excluding hydrogens is 146 g/mol. The largest absolute Gasteiger partial charge is 0.462 e. The van der Waals surface area contributed by atoms with E-state index in [9.17, 15) is 4.79 Å². The van der Waals surface area contributed by atoms with E-state index < -0.39 is 0 Å². The number of rotatable bonds is 4. The first-order chi connectivity index (χ1) is 5.36. The summed E-state index contributed by atoms with van der Waals surface area (Å²) < 4.78 is 4.52. The lowest BCUT2D eigenvalue weighted by atomic mass is 10.1. The number of nitrogens with zero attached hydrogens (tertiary/aromatic N) is 1. The second-order valence-corrected chi connectivity index (χ2v) is 2.40. The fraction of sp³-hybridized carbons (Fsp3) is 0.714. The molecule has 0 amide bonds. The van der Waals surface area contributed by atoms with Crippen LogP contribution < -0.4 is 0 Å². The van der Waals surface area contributed by atoms with Gasteiger partial charge in [-0.1, -0.05) is 12.1 Å². The highest BCUT2D eigenvalue weighted by Crippen LogP contribution is 2.12. The molecule has 0 radical (unpaired) electrons. The molecule has 1 heterocycles. The molecule has 4 nitrogen and oxygen atoms in total. The van der Waals surface area contributed by atoms with E-state index in [1.807, 2.05) is 6.92 Å². The number of hydrogen-bond donors (Lipinski definition) is 0. The normalized spacial score (nSPS) is 22.3. The van der Waals surface area contributed by atoms with Crippen molar-refractivity contribution < 1.29 is 14.4 Å². The van der Waals surface area contributed by atoms with Gasteiger partial charge in [0.1, 0.15) is 12.7 Å². The van der Waals surface area contributed by atoms with E-state index in [4.69, 9.17) is 4.84 Å². The summed E-state index contributed by atoms with van der Waals surface area (Å²) in [7, 11) is 0. The predicted octanol–water partition coefficient (Wildman–Crippen LogP) is 0.714. The van der Waals surface area contributed by atoms with E-state index in [-0.39, 0.29) is 12.7 Å². The quantitative estimate of drug-likeness (QED) is 0.565. The first-order valence-corrected chi connectivity index (χ1v) is 3.63. The van der Waals surface area contributed by atoms with Crippen molar-refractivity contribution in [1.82, 2.24) is 0 Å². The van der Waals surface area contributed by atoms with Crippen molar-refractivity contribution >= 4 is 12.2 Å². The van der Waals surface area contributed by atoms with Gasteiger partial charge in [-0.15, -0.1) is 0 Å². The molecule has 4 heteroatoms. The van der Waals surface area contributed by atoms with Crippen molar-refractivity contribution in [3.8, 4) is 0 Å². The maximum absolute atomic E-state index is 9.79. The highest BCUT2D eigenvalue weighted by atomic mass is 16.6. The average molecular weight is 157 g/mol. The van der Waals surface area contributed by atoms with Gasteiger partial charge in [0, 0.05) is 6.42 Å². The molecule has 1 unspecified atom stereocenters. The van der Waals surface area contributed by atoms with Crippen LogP contribution in [0.4, 0.5) is 0 Å². The fourth-order valence-electron chi connectivity index (χ4n) is 0.921. The SMILES string of the molecule is CCC1CC(COC=O)=NO1. The van der Waals surface area contributed by atoms with Crippen LogP contribution in [0.1, 0.15) is 19.8 Å². The third-order valence-corrected chi connectivity index (χ3v) is 1.57. The Morgan fingerprint density at radius 3 is 3.27 bits per heavy atom. The van der Waals surface area contributed by atoms with E-state index in [0.717, 1.165) is 18.6 Å². The summed E-state index contributed by atoms with van der Waals surface area (Å²) in [5.41, 5.74) is 0.809. The molecule has 0 spiro atoms. The van der Waals surface area contributed by atoms with Crippen molar-refractivity contribution in [1.29, 1.82) is 0 Å². The zero-order valence-electron chi connectivity index (χ0n) is 6.45. The Kier molecular flexibility index (Phi) is 2.89. The molecule has 62 valence electrons. The Hall–Kier alpha value is -1.06. The Labute approximate surface area is 65.2 Å². The number of carbonyl (C=O) groups excluding carboxylic acids is 1. The van der Waals surface area contributed by atoms with Crippen LogP contribution in [0.5, 0.6) is 0 Å². The molecule has 0 N–H and O–H groups in total. The summed E-state index contributed by atoms with van der Waals surface area (Å²) >= 11 is 0. The second-order valence-electron chi connectivity index (χ2n) is 2.40. The summed E-state index contributed by atoms with van der Waals surface area (Å²) in [6.07, 6.45) is 1.90. The van der Waals surface area contributed by atoms with Gasteiger partial charge in [-0.2, -0.15) is 0 Å². The topological polar surface area (TPSA) is 47.9 Å². The van der Waals surface area contributed by atoms with Crippen molar-refractivity contribution in [2.24, 2.45) is 5.16 Å². The van der Waals surface area contributed by atoms with E-state index >= 15 is 0 Å². The first-order valence-electron chi connectivity index (χ1n) is 3.63. The molecule has 1 atom stereocenters. The molecule has 0 aromatic heterocycles. The van der Waals surface area contributed by atoms with Crippen LogP contribution in [0, 0.1) is 0 Å². The molecule has 0 aromatic carbocycles. The molecule has 0 fully saturated rings. The van der Waals surface area contributed by atoms with Gasteiger partial charge in [0.05, 0.1) is 5.71 Å². The van der Waals surface area contributed by atoms with Gasteiger partial charge in [0.15, 0.2) is 0 Å². The summed E-state index contributed by atoms with van der Waals surface area (Å²) in [4.78, 5) is 14.8. The van der Waals surface area contributed by atoms with Gasteiger partial charge in [-0.05, 0) is 6.42 Å². The summed E-state index contributed by atoms with van der Waals surface area (Å²) in [6.45, 7) is 2.71. The lowest BCUT2D eigenvalue weighted by molar-refractivity contribution is -0.127. The number of carbonyl (C=O) groups is 1. The van der Waals surface area contributed by atoms with Crippen LogP contribution in [0.3, 0.4) is 0 Å². The highest BCUT2D eigenvalue weighted by molar-refractivity contribution is 5.87. The Balaban J connectivity index is 2.22. The third-order valence-electron chi connectivity index (χ3n) is 1.57. The standard InChI is InChI=1S/C7H11NO3/c1-2-7-3-6(8-11-7)4-10-5-9/h5,7H,2-4H2,1H3. The van der Waals surface area contributed by atoms with Crippen LogP contribution in [-0.4, -0.2) is 24.9 Å². The van der Waals surface area contributed by atoms with E-state index in [1.54, 1.807) is 0 Å². The minimum Gasteiger partial charge on any atom is -0.462 e. The smallest absolute Gasteiger partial charge is 0.293 e. The van der Waals surface area contributed by atoms with Gasteiger partial charge < -0.3 is 9.57 Å². The molecule has 0 aliphatic carbocycles.